The summed E-state index contributed by atoms with van der Waals surface area (Å²) in [5, 5.41) is 0. The van der Waals surface area contributed by atoms with Crippen molar-refractivity contribution in [2.24, 2.45) is 11.7 Å². The zero-order chi connectivity index (χ0) is 11.0. The van der Waals surface area contributed by atoms with Crippen molar-refractivity contribution in [2.45, 2.75) is 12.3 Å². The minimum atomic E-state index is -0.139. The van der Waals surface area contributed by atoms with Crippen LogP contribution in [0.4, 0.5) is 10.1 Å². The number of rotatable bonds is 3. The molecule has 15 heavy (non-hydrogen) atoms. The molecular weight excluding hydrogens is 191 g/mol. The molecule has 0 saturated heterocycles. The van der Waals surface area contributed by atoms with Crippen molar-refractivity contribution in [3.05, 3.63) is 29.6 Å². The molecule has 1 aromatic rings. The first-order valence-corrected chi connectivity index (χ1v) is 5.30. The van der Waals surface area contributed by atoms with Crippen LogP contribution in [0.1, 0.15) is 17.9 Å². The van der Waals surface area contributed by atoms with E-state index < -0.39 is 0 Å². The molecule has 2 nitrogen and oxygen atoms in total. The van der Waals surface area contributed by atoms with Gasteiger partial charge in [0.05, 0.1) is 5.69 Å². The number of halogens is 1. The molecule has 0 aliphatic heterocycles. The molecule has 2 N–H and O–H groups in total. The summed E-state index contributed by atoms with van der Waals surface area (Å²) < 4.78 is 13.6. The van der Waals surface area contributed by atoms with E-state index in [1.165, 1.54) is 0 Å². The van der Waals surface area contributed by atoms with E-state index in [0.717, 1.165) is 12.0 Å². The molecular formula is C12H17FN2. The summed E-state index contributed by atoms with van der Waals surface area (Å²) in [7, 11) is 3.69. The molecule has 3 heteroatoms. The Morgan fingerprint density at radius 3 is 2.67 bits per heavy atom. The molecule has 0 radical (unpaired) electrons. The van der Waals surface area contributed by atoms with E-state index in [4.69, 9.17) is 5.73 Å². The minimum absolute atomic E-state index is 0.139. The first kappa shape index (κ1) is 10.4. The van der Waals surface area contributed by atoms with Gasteiger partial charge in [-0.15, -0.1) is 0 Å². The highest BCUT2D eigenvalue weighted by atomic mass is 19.1. The average Bonchev–Trinajstić information content (AvgIpc) is 2.95. The van der Waals surface area contributed by atoms with Gasteiger partial charge in [-0.05, 0) is 42.5 Å². The highest BCUT2D eigenvalue weighted by Gasteiger charge is 2.37. The lowest BCUT2D eigenvalue weighted by Crippen LogP contribution is -2.10. The molecule has 0 bridgehead atoms. The molecule has 1 aliphatic carbocycles. The van der Waals surface area contributed by atoms with Crippen LogP contribution in [0, 0.1) is 11.7 Å². The molecule has 1 aliphatic rings. The summed E-state index contributed by atoms with van der Waals surface area (Å²) in [4.78, 5) is 1.78. The monoisotopic (exact) mass is 208 g/mol. The predicted octanol–water partition coefficient (Wildman–Crippen LogP) is 1.95. The van der Waals surface area contributed by atoms with Gasteiger partial charge in [0.1, 0.15) is 5.82 Å². The fourth-order valence-electron chi connectivity index (χ4n) is 2.03. The maximum absolute atomic E-state index is 13.6. The van der Waals surface area contributed by atoms with Crippen molar-refractivity contribution in [1.29, 1.82) is 0 Å². The van der Waals surface area contributed by atoms with E-state index in [9.17, 15) is 4.39 Å². The second-order valence-electron chi connectivity index (χ2n) is 4.44. The Kier molecular flexibility index (Phi) is 2.65. The summed E-state index contributed by atoms with van der Waals surface area (Å²) >= 11 is 0. The number of hydrogen-bond acceptors (Lipinski definition) is 2. The molecule has 1 aromatic carbocycles. The van der Waals surface area contributed by atoms with E-state index in [1.807, 2.05) is 26.2 Å². The number of anilines is 1. The molecule has 82 valence electrons. The number of benzene rings is 1. The van der Waals surface area contributed by atoms with Gasteiger partial charge in [-0.2, -0.15) is 0 Å². The molecule has 0 aromatic heterocycles. The average molecular weight is 208 g/mol. The zero-order valence-corrected chi connectivity index (χ0v) is 9.20. The second kappa shape index (κ2) is 3.81. The Morgan fingerprint density at radius 1 is 1.47 bits per heavy atom. The molecule has 2 atom stereocenters. The van der Waals surface area contributed by atoms with Gasteiger partial charge in [-0.25, -0.2) is 4.39 Å². The van der Waals surface area contributed by atoms with Gasteiger partial charge in [-0.3, -0.25) is 0 Å². The molecule has 2 rings (SSSR count). The smallest absolute Gasteiger partial charge is 0.146 e. The summed E-state index contributed by atoms with van der Waals surface area (Å²) in [6.07, 6.45) is 1.11. The van der Waals surface area contributed by atoms with Crippen LogP contribution in [-0.2, 0) is 0 Å². The van der Waals surface area contributed by atoms with Gasteiger partial charge < -0.3 is 10.6 Å². The molecule has 2 unspecified atom stereocenters. The normalized spacial score (nSPS) is 24.0. The van der Waals surface area contributed by atoms with E-state index in [2.05, 4.69) is 0 Å². The molecule has 1 saturated carbocycles. The predicted molar refractivity (Wildman–Crippen MR) is 60.6 cm³/mol. The van der Waals surface area contributed by atoms with Crippen LogP contribution >= 0.6 is 0 Å². The SMILES string of the molecule is CN(C)c1ccc(C2CC2CN)cc1F. The van der Waals surface area contributed by atoms with Gasteiger partial charge in [0, 0.05) is 14.1 Å². The van der Waals surface area contributed by atoms with Crippen molar-refractivity contribution >= 4 is 5.69 Å². The van der Waals surface area contributed by atoms with Crippen LogP contribution in [0.25, 0.3) is 0 Å². The third-order valence-corrected chi connectivity index (χ3v) is 3.11. The zero-order valence-electron chi connectivity index (χ0n) is 9.20. The van der Waals surface area contributed by atoms with Gasteiger partial charge in [0.15, 0.2) is 0 Å². The van der Waals surface area contributed by atoms with Crippen LogP contribution < -0.4 is 10.6 Å². The fraction of sp³-hybridized carbons (Fsp3) is 0.500. The van der Waals surface area contributed by atoms with Crippen LogP contribution in [0.5, 0.6) is 0 Å². The van der Waals surface area contributed by atoms with Crippen LogP contribution in [0.3, 0.4) is 0 Å². The van der Waals surface area contributed by atoms with Crippen molar-refractivity contribution in [1.82, 2.24) is 0 Å². The lowest BCUT2D eigenvalue weighted by molar-refractivity contribution is 0.623. The van der Waals surface area contributed by atoms with Crippen molar-refractivity contribution in [3.8, 4) is 0 Å². The fourth-order valence-corrected chi connectivity index (χ4v) is 2.03. The molecule has 0 spiro atoms. The van der Waals surface area contributed by atoms with E-state index >= 15 is 0 Å². The molecule has 0 amide bonds. The number of nitrogens with zero attached hydrogens (tertiary/aromatic N) is 1. The summed E-state index contributed by atoms with van der Waals surface area (Å²) in [6.45, 7) is 0.710. The van der Waals surface area contributed by atoms with Gasteiger partial charge in [-0.1, -0.05) is 6.07 Å². The Labute approximate surface area is 89.9 Å². The van der Waals surface area contributed by atoms with Crippen molar-refractivity contribution in [3.63, 3.8) is 0 Å². The molecule has 0 heterocycles. The maximum atomic E-state index is 13.6. The van der Waals surface area contributed by atoms with Crippen LogP contribution in [-0.4, -0.2) is 20.6 Å². The summed E-state index contributed by atoms with van der Waals surface area (Å²) in [5.74, 6) is 0.912. The van der Waals surface area contributed by atoms with Crippen molar-refractivity contribution in [2.75, 3.05) is 25.5 Å². The first-order chi connectivity index (χ1) is 7.13. The van der Waals surface area contributed by atoms with E-state index in [-0.39, 0.29) is 5.82 Å². The van der Waals surface area contributed by atoms with Crippen LogP contribution in [0.15, 0.2) is 18.2 Å². The Balaban J connectivity index is 2.19. The number of hydrogen-bond donors (Lipinski definition) is 1. The van der Waals surface area contributed by atoms with Gasteiger partial charge in [0.25, 0.3) is 0 Å². The lowest BCUT2D eigenvalue weighted by Gasteiger charge is -2.14. The van der Waals surface area contributed by atoms with Crippen LogP contribution in [0.2, 0.25) is 0 Å². The topological polar surface area (TPSA) is 29.3 Å². The standard InChI is InChI=1S/C12H17FN2/c1-15(2)12-4-3-8(6-11(12)13)10-5-9(10)7-14/h3-4,6,9-10H,5,7,14H2,1-2H3. The highest BCUT2D eigenvalue weighted by Crippen LogP contribution is 2.47. The Bertz CT molecular complexity index is 363. The van der Waals surface area contributed by atoms with Crippen molar-refractivity contribution < 1.29 is 4.39 Å². The summed E-state index contributed by atoms with van der Waals surface area (Å²) in [5.41, 5.74) is 7.31. The summed E-state index contributed by atoms with van der Waals surface area (Å²) in [6, 6.07) is 5.50. The molecule has 1 fully saturated rings. The third-order valence-electron chi connectivity index (χ3n) is 3.11. The number of nitrogens with two attached hydrogens (primary N) is 1. The minimum Gasteiger partial charge on any atom is -0.375 e. The van der Waals surface area contributed by atoms with Gasteiger partial charge >= 0.3 is 0 Å². The largest absolute Gasteiger partial charge is 0.375 e. The first-order valence-electron chi connectivity index (χ1n) is 5.30. The van der Waals surface area contributed by atoms with E-state index in [1.54, 1.807) is 11.0 Å². The Morgan fingerprint density at radius 2 is 2.20 bits per heavy atom. The second-order valence-corrected chi connectivity index (χ2v) is 4.44. The quantitative estimate of drug-likeness (QED) is 0.822. The maximum Gasteiger partial charge on any atom is 0.146 e. The third kappa shape index (κ3) is 1.97. The highest BCUT2D eigenvalue weighted by molar-refractivity contribution is 5.48. The Hall–Kier alpha value is -1.09. The van der Waals surface area contributed by atoms with Gasteiger partial charge in [0.2, 0.25) is 0 Å². The lowest BCUT2D eigenvalue weighted by atomic mass is 10.1. The van der Waals surface area contributed by atoms with E-state index in [0.29, 0.717) is 24.1 Å².